The van der Waals surface area contributed by atoms with Crippen LogP contribution in [-0.2, 0) is 6.42 Å². The van der Waals surface area contributed by atoms with Crippen LogP contribution in [0.3, 0.4) is 0 Å². The van der Waals surface area contributed by atoms with E-state index in [1.807, 2.05) is 30.3 Å². The van der Waals surface area contributed by atoms with Crippen molar-refractivity contribution in [1.82, 2.24) is 10.2 Å². The Bertz CT molecular complexity index is 1230. The fourth-order valence-corrected chi connectivity index (χ4v) is 3.22. The molecule has 0 fully saturated rings. The summed E-state index contributed by atoms with van der Waals surface area (Å²) in [5.74, 6) is 1.92. The van der Waals surface area contributed by atoms with Crippen molar-refractivity contribution in [3.8, 4) is 17.2 Å². The SMILES string of the molecule is COc1cccc2cc(C(=O)Nc3nnc(Cc4ccc5c(c4)OCCO5)o3)oc12. The fourth-order valence-electron chi connectivity index (χ4n) is 3.22. The Labute approximate surface area is 170 Å². The van der Waals surface area contributed by atoms with Gasteiger partial charge in [0.15, 0.2) is 28.6 Å². The number of aromatic nitrogens is 2. The van der Waals surface area contributed by atoms with Crippen molar-refractivity contribution in [1.29, 1.82) is 0 Å². The Morgan fingerprint density at radius 2 is 1.93 bits per heavy atom. The van der Waals surface area contributed by atoms with E-state index in [2.05, 4.69) is 15.5 Å². The zero-order valence-corrected chi connectivity index (χ0v) is 16.0. The molecule has 1 aliphatic rings. The highest BCUT2D eigenvalue weighted by molar-refractivity contribution is 6.04. The van der Waals surface area contributed by atoms with Gasteiger partial charge in [0.25, 0.3) is 5.91 Å². The number of para-hydroxylation sites is 1. The maximum Gasteiger partial charge on any atom is 0.322 e. The molecule has 0 saturated carbocycles. The molecule has 3 heterocycles. The van der Waals surface area contributed by atoms with E-state index in [9.17, 15) is 4.79 Å². The quantitative estimate of drug-likeness (QED) is 0.536. The molecule has 5 rings (SSSR count). The number of hydrogen-bond donors (Lipinski definition) is 1. The molecule has 0 spiro atoms. The van der Waals surface area contributed by atoms with E-state index in [0.29, 0.717) is 48.4 Å². The van der Waals surface area contributed by atoms with Gasteiger partial charge in [-0.2, -0.15) is 0 Å². The van der Waals surface area contributed by atoms with Crippen molar-refractivity contribution in [2.24, 2.45) is 0 Å². The second-order valence-electron chi connectivity index (χ2n) is 6.60. The van der Waals surface area contributed by atoms with Crippen LogP contribution in [0.4, 0.5) is 6.01 Å². The van der Waals surface area contributed by atoms with E-state index < -0.39 is 5.91 Å². The second-order valence-corrected chi connectivity index (χ2v) is 6.60. The first kappa shape index (κ1) is 18.0. The molecule has 2 aromatic carbocycles. The third kappa shape index (κ3) is 3.41. The summed E-state index contributed by atoms with van der Waals surface area (Å²) in [5.41, 5.74) is 1.42. The topological polar surface area (TPSA) is 109 Å². The molecule has 0 saturated heterocycles. The summed E-state index contributed by atoms with van der Waals surface area (Å²) in [6.07, 6.45) is 0.390. The van der Waals surface area contributed by atoms with Gasteiger partial charge in [0, 0.05) is 5.39 Å². The number of carbonyl (C=O) groups excluding carboxylic acids is 1. The third-order valence-electron chi connectivity index (χ3n) is 4.60. The molecule has 152 valence electrons. The van der Waals surface area contributed by atoms with Crippen molar-refractivity contribution < 1.29 is 27.8 Å². The van der Waals surface area contributed by atoms with Crippen LogP contribution in [-0.4, -0.2) is 36.4 Å². The molecule has 0 radical (unpaired) electrons. The van der Waals surface area contributed by atoms with Crippen molar-refractivity contribution in [2.75, 3.05) is 25.6 Å². The molecule has 4 aromatic rings. The number of nitrogens with zero attached hydrogens (tertiary/aromatic N) is 2. The Morgan fingerprint density at radius 1 is 1.07 bits per heavy atom. The van der Waals surface area contributed by atoms with Crippen LogP contribution in [0.15, 0.2) is 51.3 Å². The fraction of sp³-hybridized carbons (Fsp3) is 0.190. The minimum Gasteiger partial charge on any atom is -0.493 e. The van der Waals surface area contributed by atoms with Crippen molar-refractivity contribution in [2.45, 2.75) is 6.42 Å². The maximum atomic E-state index is 12.5. The molecule has 30 heavy (non-hydrogen) atoms. The van der Waals surface area contributed by atoms with Crippen LogP contribution in [0.1, 0.15) is 22.0 Å². The predicted octanol–water partition coefficient (Wildman–Crippen LogP) is 3.44. The zero-order chi connectivity index (χ0) is 20.5. The molecular weight excluding hydrogens is 390 g/mol. The Balaban J connectivity index is 1.29. The summed E-state index contributed by atoms with van der Waals surface area (Å²) >= 11 is 0. The Morgan fingerprint density at radius 3 is 2.80 bits per heavy atom. The van der Waals surface area contributed by atoms with Crippen LogP contribution in [0.5, 0.6) is 17.2 Å². The Hall–Kier alpha value is -4.01. The largest absolute Gasteiger partial charge is 0.493 e. The average Bonchev–Trinajstić information content (AvgIpc) is 3.40. The minimum atomic E-state index is -0.497. The molecule has 1 N–H and O–H groups in total. The van der Waals surface area contributed by atoms with E-state index in [4.69, 9.17) is 23.0 Å². The number of nitrogens with one attached hydrogen (secondary N) is 1. The lowest BCUT2D eigenvalue weighted by Crippen LogP contribution is -2.15. The van der Waals surface area contributed by atoms with Gasteiger partial charge in [-0.25, -0.2) is 0 Å². The van der Waals surface area contributed by atoms with E-state index >= 15 is 0 Å². The average molecular weight is 407 g/mol. The molecule has 1 aliphatic heterocycles. The van der Waals surface area contributed by atoms with Gasteiger partial charge in [-0.05, 0) is 29.8 Å². The zero-order valence-electron chi connectivity index (χ0n) is 16.0. The van der Waals surface area contributed by atoms with Crippen LogP contribution in [0.25, 0.3) is 11.0 Å². The molecule has 0 bridgehead atoms. The molecule has 0 unspecified atom stereocenters. The molecule has 0 atom stereocenters. The number of amides is 1. The Kier molecular flexibility index (Phi) is 4.47. The number of anilines is 1. The lowest BCUT2D eigenvalue weighted by atomic mass is 10.1. The molecule has 9 nitrogen and oxygen atoms in total. The lowest BCUT2D eigenvalue weighted by molar-refractivity contribution is 0.0995. The molecule has 1 amide bonds. The van der Waals surface area contributed by atoms with Gasteiger partial charge >= 0.3 is 6.01 Å². The monoisotopic (exact) mass is 407 g/mol. The number of fused-ring (bicyclic) bond motifs is 2. The van der Waals surface area contributed by atoms with E-state index in [-0.39, 0.29) is 11.8 Å². The van der Waals surface area contributed by atoms with Crippen LogP contribution >= 0.6 is 0 Å². The number of hydrogen-bond acceptors (Lipinski definition) is 8. The summed E-state index contributed by atoms with van der Waals surface area (Å²) in [6, 6.07) is 12.6. The first-order valence-corrected chi connectivity index (χ1v) is 9.28. The summed E-state index contributed by atoms with van der Waals surface area (Å²) in [5, 5.41) is 11.2. The molecular formula is C21H17N3O6. The smallest absolute Gasteiger partial charge is 0.322 e. The van der Waals surface area contributed by atoms with E-state index in [1.165, 1.54) is 0 Å². The van der Waals surface area contributed by atoms with Crippen molar-refractivity contribution >= 4 is 22.9 Å². The van der Waals surface area contributed by atoms with Crippen molar-refractivity contribution in [3.63, 3.8) is 0 Å². The number of rotatable bonds is 5. The van der Waals surface area contributed by atoms with E-state index in [1.54, 1.807) is 19.2 Å². The molecule has 0 aliphatic carbocycles. The van der Waals surface area contributed by atoms with Crippen LogP contribution in [0.2, 0.25) is 0 Å². The summed E-state index contributed by atoms with van der Waals surface area (Å²) in [6.45, 7) is 1.05. The summed E-state index contributed by atoms with van der Waals surface area (Å²) in [7, 11) is 1.54. The first-order chi connectivity index (χ1) is 14.7. The van der Waals surface area contributed by atoms with Crippen LogP contribution in [0, 0.1) is 0 Å². The minimum absolute atomic E-state index is 0.0139. The standard InChI is InChI=1S/C21H17N3O6/c1-26-15-4-2-3-13-11-17(29-19(13)15)20(25)22-21-24-23-18(30-21)10-12-5-6-14-16(9-12)28-8-7-27-14/h2-6,9,11H,7-8,10H2,1H3,(H,22,24,25). The van der Waals surface area contributed by atoms with Crippen molar-refractivity contribution in [3.05, 3.63) is 59.7 Å². The summed E-state index contributed by atoms with van der Waals surface area (Å²) in [4.78, 5) is 12.5. The van der Waals surface area contributed by atoms with Crippen LogP contribution < -0.4 is 19.5 Å². The third-order valence-corrected chi connectivity index (χ3v) is 4.60. The number of methoxy groups -OCH3 is 1. The number of carbonyl (C=O) groups is 1. The van der Waals surface area contributed by atoms with Gasteiger partial charge in [-0.15, -0.1) is 5.10 Å². The number of ether oxygens (including phenoxy) is 3. The van der Waals surface area contributed by atoms with Gasteiger partial charge in [0.05, 0.1) is 13.5 Å². The number of furan rings is 1. The maximum absolute atomic E-state index is 12.5. The van der Waals surface area contributed by atoms with E-state index in [0.717, 1.165) is 10.9 Å². The number of benzene rings is 2. The van der Waals surface area contributed by atoms with Gasteiger partial charge in [0.2, 0.25) is 5.89 Å². The summed E-state index contributed by atoms with van der Waals surface area (Å²) < 4.78 is 27.5. The van der Waals surface area contributed by atoms with Gasteiger partial charge in [-0.3, -0.25) is 10.1 Å². The lowest BCUT2D eigenvalue weighted by Gasteiger charge is -2.18. The van der Waals surface area contributed by atoms with Gasteiger partial charge in [-0.1, -0.05) is 23.3 Å². The second kappa shape index (κ2) is 7.43. The highest BCUT2D eigenvalue weighted by Crippen LogP contribution is 2.31. The first-order valence-electron chi connectivity index (χ1n) is 9.28. The highest BCUT2D eigenvalue weighted by atomic mass is 16.6. The van der Waals surface area contributed by atoms with Gasteiger partial charge in [0.1, 0.15) is 13.2 Å². The normalized spacial score (nSPS) is 12.7. The highest BCUT2D eigenvalue weighted by Gasteiger charge is 2.18. The molecule has 2 aromatic heterocycles. The predicted molar refractivity (Wildman–Crippen MR) is 105 cm³/mol. The van der Waals surface area contributed by atoms with Gasteiger partial charge < -0.3 is 23.0 Å². The molecule has 9 heteroatoms.